The van der Waals surface area contributed by atoms with Gasteiger partial charge in [-0.15, -0.1) is 0 Å². The Morgan fingerprint density at radius 3 is 2.50 bits per heavy atom. The standard InChI is InChI=1S/C10H20N2O2/c1-10(2,8-13)7-11-9(14)12-5-3-4-6-12/h13H,3-8H2,1-2H3,(H,11,14). The number of nitrogens with one attached hydrogen (secondary N) is 1. The van der Waals surface area contributed by atoms with Crippen LogP contribution >= 0.6 is 0 Å². The zero-order chi connectivity index (χ0) is 10.6. The van der Waals surface area contributed by atoms with Crippen molar-refractivity contribution < 1.29 is 9.90 Å². The highest BCUT2D eigenvalue weighted by Crippen LogP contribution is 2.12. The number of likely N-dealkylation sites (tertiary alicyclic amines) is 1. The highest BCUT2D eigenvalue weighted by atomic mass is 16.3. The molecule has 0 unspecified atom stereocenters. The fourth-order valence-corrected chi connectivity index (χ4v) is 1.40. The summed E-state index contributed by atoms with van der Waals surface area (Å²) in [7, 11) is 0. The number of hydrogen-bond donors (Lipinski definition) is 2. The maximum atomic E-state index is 11.5. The Bertz CT molecular complexity index is 198. The van der Waals surface area contributed by atoms with E-state index in [1.54, 1.807) is 0 Å². The Balaban J connectivity index is 2.27. The highest BCUT2D eigenvalue weighted by Gasteiger charge is 2.21. The van der Waals surface area contributed by atoms with Crippen molar-refractivity contribution in [1.29, 1.82) is 0 Å². The maximum Gasteiger partial charge on any atom is 0.317 e. The largest absolute Gasteiger partial charge is 0.396 e. The van der Waals surface area contributed by atoms with Crippen LogP contribution in [0.3, 0.4) is 0 Å². The lowest BCUT2D eigenvalue weighted by Gasteiger charge is -2.24. The summed E-state index contributed by atoms with van der Waals surface area (Å²) in [6.45, 7) is 6.21. The van der Waals surface area contributed by atoms with E-state index in [0.717, 1.165) is 25.9 Å². The first-order valence-electron chi connectivity index (χ1n) is 5.19. The van der Waals surface area contributed by atoms with Crippen LogP contribution in [0.5, 0.6) is 0 Å². The third-order valence-electron chi connectivity index (χ3n) is 2.54. The van der Waals surface area contributed by atoms with Crippen LogP contribution in [-0.2, 0) is 0 Å². The van der Waals surface area contributed by atoms with Gasteiger partial charge in [-0.3, -0.25) is 0 Å². The second kappa shape index (κ2) is 4.64. The third-order valence-corrected chi connectivity index (χ3v) is 2.54. The molecule has 0 aromatic rings. The smallest absolute Gasteiger partial charge is 0.317 e. The lowest BCUT2D eigenvalue weighted by Crippen LogP contribution is -2.43. The zero-order valence-corrected chi connectivity index (χ0v) is 9.05. The van der Waals surface area contributed by atoms with Crippen LogP contribution < -0.4 is 5.32 Å². The molecule has 82 valence electrons. The first kappa shape index (κ1) is 11.3. The molecule has 4 heteroatoms. The zero-order valence-electron chi connectivity index (χ0n) is 9.05. The van der Waals surface area contributed by atoms with Crippen molar-refractivity contribution in [2.24, 2.45) is 5.41 Å². The average Bonchev–Trinajstić information content (AvgIpc) is 2.67. The Labute approximate surface area is 85.3 Å². The van der Waals surface area contributed by atoms with Gasteiger partial charge in [-0.25, -0.2) is 4.79 Å². The van der Waals surface area contributed by atoms with Crippen molar-refractivity contribution in [3.63, 3.8) is 0 Å². The van der Waals surface area contributed by atoms with Gasteiger partial charge in [-0.1, -0.05) is 13.8 Å². The summed E-state index contributed by atoms with van der Waals surface area (Å²) >= 11 is 0. The molecule has 1 saturated heterocycles. The molecule has 0 radical (unpaired) electrons. The Kier molecular flexibility index (Phi) is 3.75. The van der Waals surface area contributed by atoms with Crippen LogP contribution in [0.1, 0.15) is 26.7 Å². The number of urea groups is 1. The van der Waals surface area contributed by atoms with Crippen molar-refractivity contribution in [2.75, 3.05) is 26.2 Å². The number of carbonyl (C=O) groups is 1. The van der Waals surface area contributed by atoms with Gasteiger partial charge in [0, 0.05) is 31.7 Å². The quantitative estimate of drug-likeness (QED) is 0.708. The van der Waals surface area contributed by atoms with Crippen LogP contribution in [0.25, 0.3) is 0 Å². The fourth-order valence-electron chi connectivity index (χ4n) is 1.40. The molecule has 14 heavy (non-hydrogen) atoms. The molecule has 0 aromatic carbocycles. The molecule has 2 N–H and O–H groups in total. The minimum atomic E-state index is -0.227. The summed E-state index contributed by atoms with van der Waals surface area (Å²) in [5, 5.41) is 11.9. The number of hydrogen-bond acceptors (Lipinski definition) is 2. The van der Waals surface area contributed by atoms with E-state index < -0.39 is 0 Å². The lowest BCUT2D eigenvalue weighted by molar-refractivity contribution is 0.152. The number of amides is 2. The van der Waals surface area contributed by atoms with Crippen molar-refractivity contribution in [2.45, 2.75) is 26.7 Å². The summed E-state index contributed by atoms with van der Waals surface area (Å²) < 4.78 is 0. The van der Waals surface area contributed by atoms with Crippen molar-refractivity contribution in [3.8, 4) is 0 Å². The lowest BCUT2D eigenvalue weighted by atomic mass is 9.95. The topological polar surface area (TPSA) is 52.6 Å². The van der Waals surface area contributed by atoms with Gasteiger partial charge in [0.2, 0.25) is 0 Å². The van der Waals surface area contributed by atoms with Gasteiger partial charge in [-0.2, -0.15) is 0 Å². The molecule has 1 aliphatic heterocycles. The molecule has 0 bridgehead atoms. The molecule has 0 atom stereocenters. The number of aliphatic hydroxyl groups excluding tert-OH is 1. The van der Waals surface area contributed by atoms with Crippen LogP contribution in [0.15, 0.2) is 0 Å². The minimum Gasteiger partial charge on any atom is -0.396 e. The predicted molar refractivity (Wildman–Crippen MR) is 55.1 cm³/mol. The second-order valence-electron chi connectivity index (χ2n) is 4.68. The van der Waals surface area contributed by atoms with Gasteiger partial charge < -0.3 is 15.3 Å². The first-order chi connectivity index (χ1) is 6.55. The van der Waals surface area contributed by atoms with E-state index in [0.29, 0.717) is 6.54 Å². The molecular formula is C10H20N2O2. The molecule has 1 heterocycles. The SMILES string of the molecule is CC(C)(CO)CNC(=O)N1CCCC1. The van der Waals surface area contributed by atoms with Crippen LogP contribution in [0, 0.1) is 5.41 Å². The van der Waals surface area contributed by atoms with Crippen LogP contribution in [0.2, 0.25) is 0 Å². The molecule has 1 rings (SSSR count). The first-order valence-corrected chi connectivity index (χ1v) is 5.19. The molecule has 0 aliphatic carbocycles. The Morgan fingerprint density at radius 1 is 1.43 bits per heavy atom. The van der Waals surface area contributed by atoms with E-state index >= 15 is 0 Å². The molecule has 4 nitrogen and oxygen atoms in total. The van der Waals surface area contributed by atoms with Crippen molar-refractivity contribution in [1.82, 2.24) is 10.2 Å². The van der Waals surface area contributed by atoms with Crippen molar-refractivity contribution >= 4 is 6.03 Å². The molecule has 2 amide bonds. The fraction of sp³-hybridized carbons (Fsp3) is 0.900. The van der Waals surface area contributed by atoms with Gasteiger partial charge in [0.15, 0.2) is 0 Å². The number of rotatable bonds is 3. The van der Waals surface area contributed by atoms with E-state index in [1.165, 1.54) is 0 Å². The molecule has 1 aliphatic rings. The van der Waals surface area contributed by atoms with Gasteiger partial charge in [0.05, 0.1) is 0 Å². The van der Waals surface area contributed by atoms with E-state index in [9.17, 15) is 4.79 Å². The third kappa shape index (κ3) is 3.18. The van der Waals surface area contributed by atoms with Gasteiger partial charge in [0.25, 0.3) is 0 Å². The average molecular weight is 200 g/mol. The summed E-state index contributed by atoms with van der Waals surface area (Å²) in [6.07, 6.45) is 2.22. The predicted octanol–water partition coefficient (Wildman–Crippen LogP) is 0.810. The van der Waals surface area contributed by atoms with E-state index in [4.69, 9.17) is 5.11 Å². The monoisotopic (exact) mass is 200 g/mol. The van der Waals surface area contributed by atoms with E-state index in [-0.39, 0.29) is 18.1 Å². The normalized spacial score (nSPS) is 17.2. The number of nitrogens with zero attached hydrogens (tertiary/aromatic N) is 1. The van der Waals surface area contributed by atoms with Crippen molar-refractivity contribution in [3.05, 3.63) is 0 Å². The highest BCUT2D eigenvalue weighted by molar-refractivity contribution is 5.74. The minimum absolute atomic E-state index is 0.00373. The molecule has 1 fully saturated rings. The molecular weight excluding hydrogens is 180 g/mol. The molecule has 0 saturated carbocycles. The van der Waals surface area contributed by atoms with Gasteiger partial charge in [-0.05, 0) is 12.8 Å². The van der Waals surface area contributed by atoms with Gasteiger partial charge in [0.1, 0.15) is 0 Å². The molecule has 0 aromatic heterocycles. The summed E-state index contributed by atoms with van der Waals surface area (Å²) in [4.78, 5) is 13.4. The van der Waals surface area contributed by atoms with Crippen LogP contribution in [-0.4, -0.2) is 42.3 Å². The number of carbonyl (C=O) groups excluding carboxylic acids is 1. The summed E-state index contributed by atoms with van der Waals surface area (Å²) in [6, 6.07) is 0.00373. The Hall–Kier alpha value is -0.770. The van der Waals surface area contributed by atoms with Crippen LogP contribution in [0.4, 0.5) is 4.79 Å². The summed E-state index contributed by atoms with van der Waals surface area (Å²) in [5.74, 6) is 0. The Morgan fingerprint density at radius 2 is 2.00 bits per heavy atom. The maximum absolute atomic E-state index is 11.5. The van der Waals surface area contributed by atoms with Gasteiger partial charge >= 0.3 is 6.03 Å². The summed E-state index contributed by atoms with van der Waals surface area (Å²) in [5.41, 5.74) is -0.227. The van der Waals surface area contributed by atoms with E-state index in [1.807, 2.05) is 18.7 Å². The van der Waals surface area contributed by atoms with E-state index in [2.05, 4.69) is 5.32 Å². The number of aliphatic hydroxyl groups is 1. The molecule has 0 spiro atoms. The second-order valence-corrected chi connectivity index (χ2v) is 4.68.